The van der Waals surface area contributed by atoms with E-state index in [9.17, 15) is 13.2 Å². The normalized spacial score (nSPS) is 12.8. The maximum absolute atomic E-state index is 12.8. The van der Waals surface area contributed by atoms with E-state index in [-0.39, 0.29) is 22.3 Å². The summed E-state index contributed by atoms with van der Waals surface area (Å²) in [7, 11) is -2.16. The monoisotopic (exact) mass is 450 g/mol. The number of carbonyl (C=O) groups excluding carboxylic acids is 1. The summed E-state index contributed by atoms with van der Waals surface area (Å²) in [5.74, 6) is -0.211. The van der Waals surface area contributed by atoms with Gasteiger partial charge in [0.15, 0.2) is 0 Å². The minimum atomic E-state index is -3.66. The van der Waals surface area contributed by atoms with Crippen LogP contribution in [0, 0.1) is 0 Å². The second kappa shape index (κ2) is 9.17. The van der Waals surface area contributed by atoms with Gasteiger partial charge in [-0.25, -0.2) is 8.42 Å². The molecule has 1 N–H and O–H groups in total. The van der Waals surface area contributed by atoms with Crippen LogP contribution in [-0.2, 0) is 15.4 Å². The van der Waals surface area contributed by atoms with E-state index in [1.807, 2.05) is 19.1 Å². The third-order valence-electron chi connectivity index (χ3n) is 5.52. The number of amides is 1. The van der Waals surface area contributed by atoms with Crippen LogP contribution in [0.15, 0.2) is 83.8 Å². The van der Waals surface area contributed by atoms with E-state index in [2.05, 4.69) is 38.2 Å². The summed E-state index contributed by atoms with van der Waals surface area (Å²) in [6.45, 7) is 8.44. The number of nitrogens with zero attached hydrogens (tertiary/aromatic N) is 1. The quantitative estimate of drug-likeness (QED) is 0.554. The lowest BCUT2D eigenvalue weighted by Gasteiger charge is -2.21. The Balaban J connectivity index is 1.70. The molecule has 3 aromatic carbocycles. The Kier molecular flexibility index (Phi) is 6.74. The van der Waals surface area contributed by atoms with E-state index in [0.717, 1.165) is 5.56 Å². The van der Waals surface area contributed by atoms with Crippen LogP contribution in [0.3, 0.4) is 0 Å². The maximum Gasteiger partial charge on any atom is 0.264 e. The average molecular weight is 451 g/mol. The molecule has 32 heavy (non-hydrogen) atoms. The second-order valence-electron chi connectivity index (χ2n) is 8.90. The second-order valence-corrected chi connectivity index (χ2v) is 10.9. The lowest BCUT2D eigenvalue weighted by molar-refractivity contribution is 0.0940. The van der Waals surface area contributed by atoms with E-state index in [4.69, 9.17) is 0 Å². The maximum atomic E-state index is 12.8. The van der Waals surface area contributed by atoms with Gasteiger partial charge in [0.2, 0.25) is 0 Å². The van der Waals surface area contributed by atoms with Crippen LogP contribution in [0.25, 0.3) is 0 Å². The van der Waals surface area contributed by atoms with E-state index in [0.29, 0.717) is 11.3 Å². The van der Waals surface area contributed by atoms with Crippen molar-refractivity contribution < 1.29 is 13.2 Å². The molecule has 0 radical (unpaired) electrons. The zero-order valence-electron chi connectivity index (χ0n) is 19.2. The molecule has 0 heterocycles. The highest BCUT2D eigenvalue weighted by Gasteiger charge is 2.21. The molecule has 1 amide bonds. The Labute approximate surface area is 191 Å². The summed E-state index contributed by atoms with van der Waals surface area (Å²) in [5.41, 5.74) is 3.30. The third kappa shape index (κ3) is 5.19. The Bertz CT molecular complexity index is 1160. The third-order valence-corrected chi connectivity index (χ3v) is 7.32. The van der Waals surface area contributed by atoms with Gasteiger partial charge in [-0.3, -0.25) is 9.10 Å². The molecule has 0 unspecified atom stereocenters. The summed E-state index contributed by atoms with van der Waals surface area (Å²) in [4.78, 5) is 12.9. The summed E-state index contributed by atoms with van der Waals surface area (Å²) < 4.78 is 26.8. The highest BCUT2D eigenvalue weighted by molar-refractivity contribution is 7.92. The fourth-order valence-corrected chi connectivity index (χ4v) is 4.56. The predicted molar refractivity (Wildman–Crippen MR) is 129 cm³/mol. The van der Waals surface area contributed by atoms with Crippen molar-refractivity contribution >= 4 is 21.6 Å². The lowest BCUT2D eigenvalue weighted by atomic mass is 9.86. The number of hydrogen-bond acceptors (Lipinski definition) is 3. The van der Waals surface area contributed by atoms with E-state index < -0.39 is 10.0 Å². The highest BCUT2D eigenvalue weighted by atomic mass is 32.2. The van der Waals surface area contributed by atoms with Gasteiger partial charge in [-0.2, -0.15) is 0 Å². The number of anilines is 1. The van der Waals surface area contributed by atoms with Crippen LogP contribution in [0.5, 0.6) is 0 Å². The van der Waals surface area contributed by atoms with Crippen LogP contribution < -0.4 is 9.62 Å². The van der Waals surface area contributed by atoms with Crippen molar-refractivity contribution in [1.29, 1.82) is 0 Å². The number of hydrogen-bond donors (Lipinski definition) is 1. The fourth-order valence-electron chi connectivity index (χ4n) is 3.35. The number of carbonyl (C=O) groups is 1. The SMILES string of the molecule is C[C@@H](NC(=O)c1ccc(N(C)S(=O)(=O)c2ccccc2)cc1)c1ccc(C(C)(C)C)cc1. The minimum absolute atomic E-state index is 0.0773. The summed E-state index contributed by atoms with van der Waals surface area (Å²) in [6.07, 6.45) is 0. The standard InChI is InChI=1S/C26H30N2O3S/c1-19(20-11-15-22(16-12-20)26(2,3)4)27-25(29)21-13-17-23(18-14-21)28(5)32(30,31)24-9-7-6-8-10-24/h6-19H,1-5H3,(H,27,29)/t19-/m1/s1. The molecule has 168 valence electrons. The number of nitrogens with one attached hydrogen (secondary N) is 1. The molecule has 3 rings (SSSR count). The van der Waals surface area contributed by atoms with Crippen molar-refractivity contribution in [2.24, 2.45) is 0 Å². The Morgan fingerprint density at radius 2 is 1.44 bits per heavy atom. The molecule has 0 aliphatic heterocycles. The first-order valence-corrected chi connectivity index (χ1v) is 12.0. The van der Waals surface area contributed by atoms with Crippen LogP contribution in [-0.4, -0.2) is 21.4 Å². The number of sulfonamides is 1. The van der Waals surface area contributed by atoms with E-state index in [1.54, 1.807) is 54.6 Å². The largest absolute Gasteiger partial charge is 0.346 e. The molecule has 0 spiro atoms. The average Bonchev–Trinajstić information content (AvgIpc) is 2.78. The molecular formula is C26H30N2O3S. The molecule has 0 aliphatic rings. The van der Waals surface area contributed by atoms with Crippen molar-refractivity contribution in [3.8, 4) is 0 Å². The molecule has 0 aromatic heterocycles. The molecule has 3 aromatic rings. The first kappa shape index (κ1) is 23.5. The Hall–Kier alpha value is -3.12. The van der Waals surface area contributed by atoms with Crippen LogP contribution in [0.4, 0.5) is 5.69 Å². The van der Waals surface area contributed by atoms with Crippen molar-refractivity contribution in [1.82, 2.24) is 5.32 Å². The van der Waals surface area contributed by atoms with Gasteiger partial charge >= 0.3 is 0 Å². The van der Waals surface area contributed by atoms with Crippen molar-refractivity contribution in [2.75, 3.05) is 11.4 Å². The lowest BCUT2D eigenvalue weighted by Crippen LogP contribution is -2.28. The van der Waals surface area contributed by atoms with Gasteiger partial charge in [0.05, 0.1) is 16.6 Å². The van der Waals surface area contributed by atoms with Gasteiger partial charge in [0.1, 0.15) is 0 Å². The number of benzene rings is 3. The minimum Gasteiger partial charge on any atom is -0.346 e. The number of rotatable bonds is 6. The Morgan fingerprint density at radius 3 is 1.97 bits per heavy atom. The van der Waals surface area contributed by atoms with Gasteiger partial charge in [-0.05, 0) is 59.9 Å². The Morgan fingerprint density at radius 1 is 0.875 bits per heavy atom. The van der Waals surface area contributed by atoms with Crippen LogP contribution in [0.2, 0.25) is 0 Å². The first-order valence-electron chi connectivity index (χ1n) is 10.6. The van der Waals surface area contributed by atoms with Gasteiger partial charge < -0.3 is 5.32 Å². The zero-order chi connectivity index (χ0) is 23.5. The van der Waals surface area contributed by atoms with Gasteiger partial charge in [0.25, 0.3) is 15.9 Å². The molecule has 0 saturated heterocycles. The van der Waals surface area contributed by atoms with Gasteiger partial charge in [-0.1, -0.05) is 63.2 Å². The van der Waals surface area contributed by atoms with Crippen molar-refractivity contribution in [3.63, 3.8) is 0 Å². The summed E-state index contributed by atoms with van der Waals surface area (Å²) >= 11 is 0. The molecule has 0 aliphatic carbocycles. The van der Waals surface area contributed by atoms with E-state index in [1.165, 1.54) is 16.9 Å². The molecule has 1 atom stereocenters. The molecule has 0 bridgehead atoms. The molecule has 0 saturated carbocycles. The van der Waals surface area contributed by atoms with Crippen LogP contribution in [0.1, 0.15) is 55.2 Å². The first-order chi connectivity index (χ1) is 15.0. The highest BCUT2D eigenvalue weighted by Crippen LogP contribution is 2.25. The van der Waals surface area contributed by atoms with E-state index >= 15 is 0 Å². The topological polar surface area (TPSA) is 66.5 Å². The molecule has 0 fully saturated rings. The van der Waals surface area contributed by atoms with Crippen molar-refractivity contribution in [3.05, 3.63) is 95.6 Å². The fraction of sp³-hybridized carbons (Fsp3) is 0.269. The van der Waals surface area contributed by atoms with Crippen LogP contribution >= 0.6 is 0 Å². The summed E-state index contributed by atoms with van der Waals surface area (Å²) in [5, 5.41) is 3.00. The zero-order valence-corrected chi connectivity index (χ0v) is 20.0. The predicted octanol–water partition coefficient (Wildman–Crippen LogP) is 5.30. The van der Waals surface area contributed by atoms with Gasteiger partial charge in [0, 0.05) is 12.6 Å². The summed E-state index contributed by atoms with van der Waals surface area (Å²) in [6, 6.07) is 22.9. The van der Waals surface area contributed by atoms with Gasteiger partial charge in [-0.15, -0.1) is 0 Å². The molecule has 5 nitrogen and oxygen atoms in total. The smallest absolute Gasteiger partial charge is 0.264 e. The molecular weight excluding hydrogens is 420 g/mol. The molecule has 6 heteroatoms. The van der Waals surface area contributed by atoms with Crippen molar-refractivity contribution in [2.45, 2.75) is 44.0 Å².